The van der Waals surface area contributed by atoms with E-state index < -0.39 is 0 Å². The minimum absolute atomic E-state index is 0.329. The Labute approximate surface area is 91.5 Å². The fourth-order valence-corrected chi connectivity index (χ4v) is 1.62. The molecule has 0 N–H and O–H groups in total. The first-order valence-electron chi connectivity index (χ1n) is 5.18. The largest absolute Gasteiger partial charge is 0.496 e. The predicted molar refractivity (Wildman–Crippen MR) is 61.0 cm³/mol. The van der Waals surface area contributed by atoms with Crippen molar-refractivity contribution in [2.24, 2.45) is 5.92 Å². The molecule has 80 valence electrons. The lowest BCUT2D eigenvalue weighted by atomic mass is 9.87. The number of hydrogen-bond donors (Lipinski definition) is 0. The topological polar surface area (TPSA) is 33.0 Å². The van der Waals surface area contributed by atoms with Crippen molar-refractivity contribution in [1.29, 1.82) is 5.26 Å². The number of nitrogens with zero attached hydrogens (tertiary/aromatic N) is 1. The summed E-state index contributed by atoms with van der Waals surface area (Å²) in [5, 5.41) is 9.06. The van der Waals surface area contributed by atoms with Crippen LogP contribution in [0.5, 0.6) is 5.75 Å². The van der Waals surface area contributed by atoms with E-state index in [1.54, 1.807) is 7.11 Å². The Morgan fingerprint density at radius 3 is 2.40 bits per heavy atom. The van der Waals surface area contributed by atoms with Gasteiger partial charge in [0.1, 0.15) is 5.75 Å². The zero-order chi connectivity index (χ0) is 11.4. The Balaban J connectivity index is 3.29. The Bertz CT molecular complexity index is 377. The van der Waals surface area contributed by atoms with Crippen LogP contribution >= 0.6 is 0 Å². The molecular formula is C13H17NO. The molecule has 1 rings (SSSR count). The first kappa shape index (κ1) is 11.6. The van der Waals surface area contributed by atoms with Crippen LogP contribution in [0.15, 0.2) is 18.2 Å². The van der Waals surface area contributed by atoms with Gasteiger partial charge in [-0.1, -0.05) is 26.8 Å². The maximum absolute atomic E-state index is 9.06. The second kappa shape index (κ2) is 4.84. The van der Waals surface area contributed by atoms with E-state index in [0.717, 1.165) is 16.9 Å². The van der Waals surface area contributed by atoms with Gasteiger partial charge in [-0.25, -0.2) is 0 Å². The van der Waals surface area contributed by atoms with Crippen LogP contribution in [0.3, 0.4) is 0 Å². The van der Waals surface area contributed by atoms with Crippen molar-refractivity contribution in [3.8, 4) is 11.8 Å². The fraction of sp³-hybridized carbons (Fsp3) is 0.462. The lowest BCUT2D eigenvalue weighted by Crippen LogP contribution is -2.06. The lowest BCUT2D eigenvalue weighted by Gasteiger charge is -2.20. The number of hydrogen-bond acceptors (Lipinski definition) is 2. The molecule has 0 aliphatic rings. The maximum Gasteiger partial charge on any atom is 0.123 e. The van der Waals surface area contributed by atoms with Gasteiger partial charge in [-0.05, 0) is 24.0 Å². The van der Waals surface area contributed by atoms with Crippen molar-refractivity contribution in [1.82, 2.24) is 0 Å². The maximum atomic E-state index is 9.06. The van der Waals surface area contributed by atoms with Gasteiger partial charge in [0.25, 0.3) is 0 Å². The van der Waals surface area contributed by atoms with Gasteiger partial charge in [-0.3, -0.25) is 0 Å². The third-order valence-electron chi connectivity index (χ3n) is 2.86. The van der Waals surface area contributed by atoms with Crippen LogP contribution in [-0.4, -0.2) is 7.11 Å². The molecule has 1 aromatic carbocycles. The molecule has 0 fully saturated rings. The van der Waals surface area contributed by atoms with E-state index in [1.165, 1.54) is 0 Å². The molecule has 1 atom stereocenters. The molecule has 0 saturated heterocycles. The molecule has 0 saturated carbocycles. The van der Waals surface area contributed by atoms with E-state index in [-0.39, 0.29) is 0 Å². The highest BCUT2D eigenvalue weighted by Gasteiger charge is 2.18. The average Bonchev–Trinajstić information content (AvgIpc) is 2.26. The van der Waals surface area contributed by atoms with Crippen LogP contribution in [0, 0.1) is 17.2 Å². The van der Waals surface area contributed by atoms with Crippen LogP contribution in [0.4, 0.5) is 0 Å². The summed E-state index contributed by atoms with van der Waals surface area (Å²) in [5.74, 6) is 1.64. The standard InChI is InChI=1S/C13H17NO/c1-9(2)10(3)13-11(8-14)6-5-7-12(13)15-4/h5-7,9-10H,1-4H3. The highest BCUT2D eigenvalue weighted by atomic mass is 16.5. The molecule has 1 unspecified atom stereocenters. The Hall–Kier alpha value is -1.49. The zero-order valence-electron chi connectivity index (χ0n) is 9.74. The van der Waals surface area contributed by atoms with Gasteiger partial charge >= 0.3 is 0 Å². The van der Waals surface area contributed by atoms with Gasteiger partial charge in [0.05, 0.1) is 18.7 Å². The molecule has 0 radical (unpaired) electrons. The van der Waals surface area contributed by atoms with Crippen LogP contribution in [0.2, 0.25) is 0 Å². The van der Waals surface area contributed by atoms with Crippen molar-refractivity contribution in [3.05, 3.63) is 29.3 Å². The highest BCUT2D eigenvalue weighted by molar-refractivity contribution is 5.48. The SMILES string of the molecule is COc1cccc(C#N)c1C(C)C(C)C. The molecule has 0 aliphatic heterocycles. The van der Waals surface area contributed by atoms with Crippen molar-refractivity contribution in [2.45, 2.75) is 26.7 Å². The van der Waals surface area contributed by atoms with Crippen LogP contribution in [-0.2, 0) is 0 Å². The van der Waals surface area contributed by atoms with Crippen molar-refractivity contribution >= 4 is 0 Å². The predicted octanol–water partition coefficient (Wildman–Crippen LogP) is 3.33. The van der Waals surface area contributed by atoms with Crippen molar-refractivity contribution in [3.63, 3.8) is 0 Å². The smallest absolute Gasteiger partial charge is 0.123 e. The number of benzene rings is 1. The molecule has 2 nitrogen and oxygen atoms in total. The molecule has 0 heterocycles. The van der Waals surface area contributed by atoms with Crippen LogP contribution in [0.1, 0.15) is 37.8 Å². The summed E-state index contributed by atoms with van der Waals surface area (Å²) in [5.41, 5.74) is 1.74. The minimum atomic E-state index is 0.329. The Kier molecular flexibility index (Phi) is 3.74. The summed E-state index contributed by atoms with van der Waals surface area (Å²) in [6, 6.07) is 7.84. The summed E-state index contributed by atoms with van der Waals surface area (Å²) in [6.45, 7) is 6.43. The summed E-state index contributed by atoms with van der Waals surface area (Å²) < 4.78 is 5.31. The fourth-order valence-electron chi connectivity index (χ4n) is 1.62. The highest BCUT2D eigenvalue weighted by Crippen LogP contribution is 2.33. The second-order valence-corrected chi connectivity index (χ2v) is 4.07. The van der Waals surface area contributed by atoms with E-state index in [2.05, 4.69) is 26.8 Å². The first-order chi connectivity index (χ1) is 7.11. The summed E-state index contributed by atoms with van der Waals surface area (Å²) in [7, 11) is 1.65. The number of ether oxygens (including phenoxy) is 1. The van der Waals surface area contributed by atoms with E-state index in [4.69, 9.17) is 10.00 Å². The molecule has 0 aromatic heterocycles. The van der Waals surface area contributed by atoms with Gasteiger partial charge in [0, 0.05) is 5.56 Å². The number of rotatable bonds is 3. The van der Waals surface area contributed by atoms with Gasteiger partial charge in [-0.15, -0.1) is 0 Å². The quantitative estimate of drug-likeness (QED) is 0.755. The summed E-state index contributed by atoms with van der Waals surface area (Å²) in [6.07, 6.45) is 0. The van der Waals surface area contributed by atoms with Crippen molar-refractivity contribution in [2.75, 3.05) is 7.11 Å². The Morgan fingerprint density at radius 2 is 1.93 bits per heavy atom. The summed E-state index contributed by atoms with van der Waals surface area (Å²) in [4.78, 5) is 0. The molecule has 0 amide bonds. The molecule has 0 spiro atoms. The van der Waals surface area contributed by atoms with Crippen molar-refractivity contribution < 1.29 is 4.74 Å². The van der Waals surface area contributed by atoms with E-state index in [0.29, 0.717) is 11.8 Å². The number of methoxy groups -OCH3 is 1. The van der Waals surface area contributed by atoms with Crippen LogP contribution in [0.25, 0.3) is 0 Å². The van der Waals surface area contributed by atoms with Gasteiger partial charge < -0.3 is 4.74 Å². The molecule has 1 aromatic rings. The van der Waals surface area contributed by atoms with E-state index in [9.17, 15) is 0 Å². The Morgan fingerprint density at radius 1 is 1.27 bits per heavy atom. The first-order valence-corrected chi connectivity index (χ1v) is 5.18. The minimum Gasteiger partial charge on any atom is -0.496 e. The number of nitriles is 1. The lowest BCUT2D eigenvalue weighted by molar-refractivity contribution is 0.398. The molecular weight excluding hydrogens is 186 g/mol. The third-order valence-corrected chi connectivity index (χ3v) is 2.86. The van der Waals surface area contributed by atoms with E-state index >= 15 is 0 Å². The van der Waals surface area contributed by atoms with Gasteiger partial charge in [0.15, 0.2) is 0 Å². The van der Waals surface area contributed by atoms with Gasteiger partial charge in [-0.2, -0.15) is 5.26 Å². The average molecular weight is 203 g/mol. The molecule has 15 heavy (non-hydrogen) atoms. The van der Waals surface area contributed by atoms with Crippen LogP contribution < -0.4 is 4.74 Å². The molecule has 0 aliphatic carbocycles. The second-order valence-electron chi connectivity index (χ2n) is 4.07. The molecule has 0 bridgehead atoms. The van der Waals surface area contributed by atoms with Gasteiger partial charge in [0.2, 0.25) is 0 Å². The zero-order valence-corrected chi connectivity index (χ0v) is 9.74. The third kappa shape index (κ3) is 2.30. The summed E-state index contributed by atoms with van der Waals surface area (Å²) >= 11 is 0. The monoisotopic (exact) mass is 203 g/mol. The normalized spacial score (nSPS) is 12.3. The molecule has 2 heteroatoms. The van der Waals surface area contributed by atoms with E-state index in [1.807, 2.05) is 18.2 Å².